The Kier molecular flexibility index (Phi) is 4.54. The van der Waals surface area contributed by atoms with E-state index in [1.54, 1.807) is 32.2 Å². The maximum atomic E-state index is 13.5. The van der Waals surface area contributed by atoms with E-state index in [1.807, 2.05) is 0 Å². The second-order valence-corrected chi connectivity index (χ2v) is 6.05. The Hall–Kier alpha value is -2.74. The molecular formula is C16H15ClFN5O2. The fraction of sp³-hybridized carbons (Fsp3) is 0.250. The highest BCUT2D eigenvalue weighted by atomic mass is 35.5. The minimum Gasteiger partial charge on any atom is -0.348 e. The van der Waals surface area contributed by atoms with E-state index in [4.69, 9.17) is 11.6 Å². The molecule has 0 bridgehead atoms. The molecule has 2 heterocycles. The Bertz CT molecular complexity index is 1010. The SMILES string of the molecule is Cc1ccn2c(=O)n(CC(=O)N[C@@H](C)c3ccc(Cl)c(F)c3)nc2n1. The van der Waals surface area contributed by atoms with E-state index in [1.165, 1.54) is 16.5 Å². The minimum absolute atomic E-state index is 0.0151. The highest BCUT2D eigenvalue weighted by Gasteiger charge is 2.15. The second kappa shape index (κ2) is 6.64. The van der Waals surface area contributed by atoms with Crippen LogP contribution in [-0.4, -0.2) is 25.1 Å². The summed E-state index contributed by atoms with van der Waals surface area (Å²) in [5.41, 5.74) is 0.824. The summed E-state index contributed by atoms with van der Waals surface area (Å²) in [6.45, 7) is 3.22. The van der Waals surface area contributed by atoms with Crippen molar-refractivity contribution in [3.8, 4) is 0 Å². The van der Waals surface area contributed by atoms with Gasteiger partial charge < -0.3 is 5.32 Å². The smallest absolute Gasteiger partial charge is 0.348 e. The van der Waals surface area contributed by atoms with Gasteiger partial charge in [-0.1, -0.05) is 17.7 Å². The van der Waals surface area contributed by atoms with E-state index in [0.717, 1.165) is 4.68 Å². The number of carbonyl (C=O) groups excluding carboxylic acids is 1. The summed E-state index contributed by atoms with van der Waals surface area (Å²) in [6, 6.07) is 5.54. The molecule has 0 fully saturated rings. The van der Waals surface area contributed by atoms with Crippen molar-refractivity contribution in [2.45, 2.75) is 26.4 Å². The lowest BCUT2D eigenvalue weighted by molar-refractivity contribution is -0.122. The number of aromatic nitrogens is 4. The predicted octanol–water partition coefficient (Wildman–Crippen LogP) is 1.87. The summed E-state index contributed by atoms with van der Waals surface area (Å²) < 4.78 is 15.8. The molecule has 0 unspecified atom stereocenters. The third kappa shape index (κ3) is 3.53. The normalized spacial score (nSPS) is 12.3. The van der Waals surface area contributed by atoms with Crippen LogP contribution in [0.3, 0.4) is 0 Å². The quantitative estimate of drug-likeness (QED) is 0.767. The number of aryl methyl sites for hydroxylation is 1. The van der Waals surface area contributed by atoms with Crippen LogP contribution in [0.4, 0.5) is 4.39 Å². The summed E-state index contributed by atoms with van der Waals surface area (Å²) in [7, 11) is 0. The highest BCUT2D eigenvalue weighted by molar-refractivity contribution is 6.30. The third-order valence-corrected chi connectivity index (χ3v) is 4.01. The van der Waals surface area contributed by atoms with E-state index in [0.29, 0.717) is 11.3 Å². The molecule has 25 heavy (non-hydrogen) atoms. The van der Waals surface area contributed by atoms with Gasteiger partial charge in [0.2, 0.25) is 5.91 Å². The Morgan fingerprint density at radius 2 is 2.16 bits per heavy atom. The first-order valence-electron chi connectivity index (χ1n) is 7.52. The van der Waals surface area contributed by atoms with Crippen LogP contribution in [0.15, 0.2) is 35.3 Å². The van der Waals surface area contributed by atoms with Gasteiger partial charge in [-0.05, 0) is 37.6 Å². The summed E-state index contributed by atoms with van der Waals surface area (Å²) in [5, 5.41) is 6.75. The molecule has 1 atom stereocenters. The first kappa shape index (κ1) is 17.1. The Morgan fingerprint density at radius 1 is 1.40 bits per heavy atom. The second-order valence-electron chi connectivity index (χ2n) is 5.64. The van der Waals surface area contributed by atoms with E-state index in [-0.39, 0.29) is 17.3 Å². The number of carbonyl (C=O) groups is 1. The van der Waals surface area contributed by atoms with Gasteiger partial charge in [-0.25, -0.2) is 23.3 Å². The molecule has 0 radical (unpaired) electrons. The average molecular weight is 364 g/mol. The monoisotopic (exact) mass is 363 g/mol. The van der Waals surface area contributed by atoms with Gasteiger partial charge in [0.1, 0.15) is 12.4 Å². The molecule has 1 amide bonds. The topological polar surface area (TPSA) is 81.3 Å². The zero-order valence-corrected chi connectivity index (χ0v) is 14.3. The molecule has 7 nitrogen and oxygen atoms in total. The standard InChI is InChI=1S/C16H15ClFN5O2/c1-9-5-6-22-15(19-9)21-23(16(22)25)8-14(24)20-10(2)11-3-4-12(17)13(18)7-11/h3-7,10H,8H2,1-2H3,(H,20,24)/t10-/m0/s1. The van der Waals surface area contributed by atoms with Crippen molar-refractivity contribution in [2.24, 2.45) is 0 Å². The molecule has 0 aliphatic carbocycles. The maximum absolute atomic E-state index is 13.5. The van der Waals surface area contributed by atoms with Crippen LogP contribution in [0.25, 0.3) is 5.78 Å². The number of benzene rings is 1. The number of nitrogens with zero attached hydrogens (tertiary/aromatic N) is 4. The van der Waals surface area contributed by atoms with E-state index in [9.17, 15) is 14.0 Å². The van der Waals surface area contributed by atoms with Gasteiger partial charge in [-0.3, -0.25) is 4.79 Å². The van der Waals surface area contributed by atoms with E-state index < -0.39 is 23.5 Å². The van der Waals surface area contributed by atoms with Gasteiger partial charge in [0, 0.05) is 11.9 Å². The summed E-state index contributed by atoms with van der Waals surface area (Å²) in [5.74, 6) is -0.756. The molecule has 0 spiro atoms. The van der Waals surface area contributed by atoms with Crippen LogP contribution in [0.1, 0.15) is 24.2 Å². The number of nitrogens with one attached hydrogen (secondary N) is 1. The van der Waals surface area contributed by atoms with Crippen LogP contribution >= 0.6 is 11.6 Å². The van der Waals surface area contributed by atoms with Gasteiger partial charge in [0.25, 0.3) is 5.78 Å². The van der Waals surface area contributed by atoms with Gasteiger partial charge in [0.15, 0.2) is 0 Å². The maximum Gasteiger partial charge on any atom is 0.352 e. The highest BCUT2D eigenvalue weighted by Crippen LogP contribution is 2.20. The number of hydrogen-bond donors (Lipinski definition) is 1. The zero-order valence-electron chi connectivity index (χ0n) is 13.5. The third-order valence-electron chi connectivity index (χ3n) is 3.71. The largest absolute Gasteiger partial charge is 0.352 e. The molecule has 1 aromatic carbocycles. The molecule has 0 aliphatic heterocycles. The Labute approximate surface area is 147 Å². The predicted molar refractivity (Wildman–Crippen MR) is 90.0 cm³/mol. The van der Waals surface area contributed by atoms with Gasteiger partial charge in [-0.2, -0.15) is 0 Å². The fourth-order valence-electron chi connectivity index (χ4n) is 2.38. The van der Waals surface area contributed by atoms with Gasteiger partial charge >= 0.3 is 5.69 Å². The van der Waals surface area contributed by atoms with Crippen LogP contribution < -0.4 is 11.0 Å². The zero-order chi connectivity index (χ0) is 18.1. The van der Waals surface area contributed by atoms with E-state index in [2.05, 4.69) is 15.4 Å². The van der Waals surface area contributed by atoms with Crippen LogP contribution in [0, 0.1) is 12.7 Å². The molecule has 9 heteroatoms. The van der Waals surface area contributed by atoms with Crippen LogP contribution in [0.2, 0.25) is 5.02 Å². The number of halogens is 2. The molecule has 2 aromatic heterocycles. The van der Waals surface area contributed by atoms with Crippen LogP contribution in [0.5, 0.6) is 0 Å². The average Bonchev–Trinajstić information content (AvgIpc) is 2.85. The molecule has 0 saturated carbocycles. The lowest BCUT2D eigenvalue weighted by Crippen LogP contribution is -2.34. The number of amides is 1. The van der Waals surface area contributed by atoms with Crippen molar-refractivity contribution in [3.63, 3.8) is 0 Å². The number of hydrogen-bond acceptors (Lipinski definition) is 4. The van der Waals surface area contributed by atoms with Crippen molar-refractivity contribution < 1.29 is 9.18 Å². The summed E-state index contributed by atoms with van der Waals surface area (Å²) >= 11 is 5.65. The summed E-state index contributed by atoms with van der Waals surface area (Å²) in [4.78, 5) is 28.5. The first-order valence-corrected chi connectivity index (χ1v) is 7.90. The van der Waals surface area contributed by atoms with Gasteiger partial charge in [0.05, 0.1) is 11.1 Å². The minimum atomic E-state index is -0.557. The van der Waals surface area contributed by atoms with Crippen molar-refractivity contribution in [3.05, 3.63) is 63.0 Å². The van der Waals surface area contributed by atoms with E-state index >= 15 is 0 Å². The molecule has 130 valence electrons. The first-order chi connectivity index (χ1) is 11.8. The molecule has 1 N–H and O–H groups in total. The number of rotatable bonds is 4. The van der Waals surface area contributed by atoms with Crippen molar-refractivity contribution in [2.75, 3.05) is 0 Å². The fourth-order valence-corrected chi connectivity index (χ4v) is 2.50. The Morgan fingerprint density at radius 3 is 2.88 bits per heavy atom. The van der Waals surface area contributed by atoms with Crippen molar-refractivity contribution in [1.82, 2.24) is 24.5 Å². The van der Waals surface area contributed by atoms with Crippen molar-refractivity contribution in [1.29, 1.82) is 0 Å². The lowest BCUT2D eigenvalue weighted by Gasteiger charge is -2.14. The molecule has 0 aliphatic rings. The molecule has 3 aromatic rings. The van der Waals surface area contributed by atoms with Crippen molar-refractivity contribution >= 4 is 23.3 Å². The van der Waals surface area contributed by atoms with Gasteiger partial charge in [-0.15, -0.1) is 5.10 Å². The number of fused-ring (bicyclic) bond motifs is 1. The van der Waals surface area contributed by atoms with Crippen LogP contribution in [-0.2, 0) is 11.3 Å². The molecular weight excluding hydrogens is 349 g/mol. The lowest BCUT2D eigenvalue weighted by atomic mass is 10.1. The summed E-state index contributed by atoms with van der Waals surface area (Å²) in [6.07, 6.45) is 1.56. The Balaban J connectivity index is 1.75. The molecule has 0 saturated heterocycles. The molecule has 3 rings (SSSR count).